The maximum absolute atomic E-state index is 12.5. The third-order valence-corrected chi connectivity index (χ3v) is 3.90. The van der Waals surface area contributed by atoms with E-state index < -0.39 is 45.6 Å². The molecule has 0 unspecified atom stereocenters. The van der Waals surface area contributed by atoms with Crippen LogP contribution in [0.1, 0.15) is 19.4 Å². The van der Waals surface area contributed by atoms with Crippen molar-refractivity contribution >= 4 is 27.9 Å². The lowest BCUT2D eigenvalue weighted by Crippen LogP contribution is -2.53. The zero-order chi connectivity index (χ0) is 18.5. The molecule has 1 aromatic rings. The van der Waals surface area contributed by atoms with Crippen LogP contribution in [0.3, 0.4) is 0 Å². The van der Waals surface area contributed by atoms with Gasteiger partial charge in [-0.25, -0.2) is 4.79 Å². The quantitative estimate of drug-likeness (QED) is 0.683. The highest BCUT2D eigenvalue weighted by molar-refractivity contribution is 7.85. The van der Waals surface area contributed by atoms with Crippen molar-refractivity contribution in [3.05, 3.63) is 35.9 Å². The van der Waals surface area contributed by atoms with Crippen molar-refractivity contribution in [2.75, 3.05) is 5.75 Å². The van der Waals surface area contributed by atoms with E-state index in [-0.39, 0.29) is 6.42 Å². The van der Waals surface area contributed by atoms with Crippen molar-refractivity contribution < 1.29 is 32.5 Å². The van der Waals surface area contributed by atoms with Crippen molar-refractivity contribution in [3.63, 3.8) is 0 Å². The fourth-order valence-electron chi connectivity index (χ4n) is 2.04. The van der Waals surface area contributed by atoms with Crippen LogP contribution >= 0.6 is 0 Å². The van der Waals surface area contributed by atoms with Crippen LogP contribution < -0.4 is 0 Å². The molecular weight excluding hydrogens is 338 g/mol. The Morgan fingerprint density at radius 2 is 1.67 bits per heavy atom. The van der Waals surface area contributed by atoms with E-state index in [0.29, 0.717) is 10.5 Å². The molecule has 24 heavy (non-hydrogen) atoms. The average Bonchev–Trinajstić information content (AvgIpc) is 2.45. The molecule has 2 N–H and O–H groups in total. The third kappa shape index (κ3) is 5.74. The summed E-state index contributed by atoms with van der Waals surface area (Å²) in [6, 6.07) is 6.31. The van der Waals surface area contributed by atoms with Gasteiger partial charge in [0.2, 0.25) is 11.8 Å². The molecule has 0 heterocycles. The van der Waals surface area contributed by atoms with Gasteiger partial charge in [-0.3, -0.25) is 19.0 Å². The van der Waals surface area contributed by atoms with Crippen LogP contribution in [0.4, 0.5) is 0 Å². The van der Waals surface area contributed by atoms with Gasteiger partial charge in [0.15, 0.2) is 6.04 Å². The molecule has 1 atom stereocenters. The minimum absolute atomic E-state index is 0.269. The maximum Gasteiger partial charge on any atom is 0.328 e. The fraction of sp³-hybridized carbons (Fsp3) is 0.400. The molecule has 0 aliphatic rings. The van der Waals surface area contributed by atoms with Crippen LogP contribution in [-0.2, 0) is 30.9 Å². The molecule has 2 amide bonds. The second-order valence-electron chi connectivity index (χ2n) is 5.52. The van der Waals surface area contributed by atoms with E-state index in [9.17, 15) is 27.9 Å². The molecule has 1 aromatic carbocycles. The number of aliphatic carboxylic acids is 1. The largest absolute Gasteiger partial charge is 0.480 e. The topological polar surface area (TPSA) is 129 Å². The first-order chi connectivity index (χ1) is 11.0. The standard InChI is InChI=1S/C15H19NO7S/c1-10(2)14(18)16(12(15(19)20)9-24(21,22)23)13(17)8-11-6-4-3-5-7-11/h3-7,10,12H,8-9H2,1-2H3,(H,19,20)(H,21,22,23)/t12-/m0/s1. The number of imide groups is 1. The van der Waals surface area contributed by atoms with E-state index in [1.807, 2.05) is 0 Å². The van der Waals surface area contributed by atoms with Crippen molar-refractivity contribution in [1.82, 2.24) is 4.90 Å². The van der Waals surface area contributed by atoms with Crippen LogP contribution in [-0.4, -0.2) is 52.6 Å². The van der Waals surface area contributed by atoms with Gasteiger partial charge in [-0.1, -0.05) is 44.2 Å². The lowest BCUT2D eigenvalue weighted by atomic mass is 10.1. The number of carboxylic acids is 1. The number of carbonyl (C=O) groups excluding carboxylic acids is 2. The molecule has 0 fully saturated rings. The molecule has 0 bridgehead atoms. The molecule has 0 saturated heterocycles. The van der Waals surface area contributed by atoms with E-state index in [1.165, 1.54) is 13.8 Å². The summed E-state index contributed by atoms with van der Waals surface area (Å²) in [6.45, 7) is 2.91. The van der Waals surface area contributed by atoms with Crippen molar-refractivity contribution in [2.24, 2.45) is 5.92 Å². The predicted octanol–water partition coefficient (Wildman–Crippen LogP) is 0.581. The van der Waals surface area contributed by atoms with Gasteiger partial charge >= 0.3 is 5.97 Å². The van der Waals surface area contributed by atoms with Crippen molar-refractivity contribution in [2.45, 2.75) is 26.3 Å². The molecule has 0 saturated carbocycles. The zero-order valence-electron chi connectivity index (χ0n) is 13.2. The molecule has 9 heteroatoms. The second-order valence-corrected chi connectivity index (χ2v) is 7.02. The van der Waals surface area contributed by atoms with Gasteiger partial charge in [0.1, 0.15) is 5.75 Å². The number of rotatable bonds is 7. The predicted molar refractivity (Wildman–Crippen MR) is 84.7 cm³/mol. The first-order valence-corrected chi connectivity index (χ1v) is 8.71. The number of amides is 2. The molecule has 0 spiro atoms. The summed E-state index contributed by atoms with van der Waals surface area (Å²) in [5.74, 6) is -5.36. The van der Waals surface area contributed by atoms with Gasteiger partial charge in [0.05, 0.1) is 6.42 Å². The van der Waals surface area contributed by atoms with Gasteiger partial charge in [0, 0.05) is 5.92 Å². The summed E-state index contributed by atoms with van der Waals surface area (Å²) < 4.78 is 31.1. The average molecular weight is 357 g/mol. The number of nitrogens with zero attached hydrogens (tertiary/aromatic N) is 1. The summed E-state index contributed by atoms with van der Waals surface area (Å²) in [5.41, 5.74) is 0.542. The van der Waals surface area contributed by atoms with Gasteiger partial charge < -0.3 is 5.11 Å². The summed E-state index contributed by atoms with van der Waals surface area (Å²) in [5, 5.41) is 9.23. The van der Waals surface area contributed by atoms with Crippen LogP contribution in [0.15, 0.2) is 30.3 Å². The SMILES string of the molecule is CC(C)C(=O)N(C(=O)Cc1ccccc1)[C@@H](CS(=O)(=O)O)C(=O)O. The Labute approximate surface area is 139 Å². The Bertz CT molecular complexity index is 713. The van der Waals surface area contributed by atoms with Gasteiger partial charge in [-0.05, 0) is 5.56 Å². The lowest BCUT2D eigenvalue weighted by Gasteiger charge is -2.28. The van der Waals surface area contributed by atoms with Crippen LogP contribution in [0, 0.1) is 5.92 Å². The molecule has 0 aromatic heterocycles. The monoisotopic (exact) mass is 357 g/mol. The first-order valence-electron chi connectivity index (χ1n) is 7.10. The summed E-state index contributed by atoms with van der Waals surface area (Å²) in [6.07, 6.45) is -0.269. The van der Waals surface area contributed by atoms with E-state index in [2.05, 4.69) is 0 Å². The highest BCUT2D eigenvalue weighted by Gasteiger charge is 2.38. The highest BCUT2D eigenvalue weighted by Crippen LogP contribution is 2.13. The minimum Gasteiger partial charge on any atom is -0.480 e. The first kappa shape index (κ1) is 19.8. The Morgan fingerprint density at radius 1 is 1.12 bits per heavy atom. The number of carboxylic acid groups (broad SMARTS) is 1. The summed E-state index contributed by atoms with van der Waals surface area (Å²) in [7, 11) is -4.71. The van der Waals surface area contributed by atoms with Crippen LogP contribution in [0.2, 0.25) is 0 Å². The molecule has 0 aliphatic heterocycles. The normalized spacial score (nSPS) is 12.7. The van der Waals surface area contributed by atoms with E-state index >= 15 is 0 Å². The fourth-order valence-corrected chi connectivity index (χ4v) is 2.73. The minimum atomic E-state index is -4.71. The Morgan fingerprint density at radius 3 is 2.08 bits per heavy atom. The van der Waals surface area contributed by atoms with Gasteiger partial charge in [-0.2, -0.15) is 8.42 Å². The molecule has 0 radical (unpaired) electrons. The van der Waals surface area contributed by atoms with Crippen LogP contribution in [0.5, 0.6) is 0 Å². The molecule has 1 rings (SSSR count). The van der Waals surface area contributed by atoms with Gasteiger partial charge in [-0.15, -0.1) is 0 Å². The Kier molecular flexibility index (Phi) is 6.61. The second kappa shape index (κ2) is 8.02. The molecule has 0 aliphatic carbocycles. The maximum atomic E-state index is 12.5. The Balaban J connectivity index is 3.20. The highest BCUT2D eigenvalue weighted by atomic mass is 32.2. The van der Waals surface area contributed by atoms with Crippen molar-refractivity contribution in [3.8, 4) is 0 Å². The number of hydrogen-bond acceptors (Lipinski definition) is 5. The summed E-state index contributed by atoms with van der Waals surface area (Å²) >= 11 is 0. The van der Waals surface area contributed by atoms with E-state index in [0.717, 1.165) is 0 Å². The molecule has 132 valence electrons. The molecular formula is C15H19NO7S. The summed E-state index contributed by atoms with van der Waals surface area (Å²) in [4.78, 5) is 36.5. The smallest absolute Gasteiger partial charge is 0.328 e. The van der Waals surface area contributed by atoms with Crippen molar-refractivity contribution in [1.29, 1.82) is 0 Å². The number of hydrogen-bond donors (Lipinski definition) is 2. The van der Waals surface area contributed by atoms with E-state index in [1.54, 1.807) is 30.3 Å². The lowest BCUT2D eigenvalue weighted by molar-refractivity contribution is -0.158. The van der Waals surface area contributed by atoms with E-state index in [4.69, 9.17) is 4.55 Å². The zero-order valence-corrected chi connectivity index (χ0v) is 14.1. The Hall–Kier alpha value is -2.26. The van der Waals surface area contributed by atoms with Crippen LogP contribution in [0.25, 0.3) is 0 Å². The number of carbonyl (C=O) groups is 3. The molecule has 8 nitrogen and oxygen atoms in total. The van der Waals surface area contributed by atoms with Gasteiger partial charge in [0.25, 0.3) is 10.1 Å². The third-order valence-electron chi connectivity index (χ3n) is 3.16. The number of benzene rings is 1.